The largest absolute Gasteiger partial charge is 0.355 e. The van der Waals surface area contributed by atoms with Crippen molar-refractivity contribution in [3.05, 3.63) is 0 Å². The summed E-state index contributed by atoms with van der Waals surface area (Å²) >= 11 is 0. The third kappa shape index (κ3) is 1.04. The molecule has 80 valence electrons. The molecule has 0 aromatic rings. The van der Waals surface area contributed by atoms with E-state index >= 15 is 0 Å². The van der Waals surface area contributed by atoms with E-state index in [1.54, 1.807) is 0 Å². The predicted octanol–water partition coefficient (Wildman–Crippen LogP) is 2.43. The first kappa shape index (κ1) is 9.17. The van der Waals surface area contributed by atoms with E-state index < -0.39 is 0 Å². The fourth-order valence-electron chi connectivity index (χ4n) is 4.10. The van der Waals surface area contributed by atoms with E-state index in [9.17, 15) is 0 Å². The van der Waals surface area contributed by atoms with Crippen LogP contribution in [0.4, 0.5) is 0 Å². The first-order chi connectivity index (χ1) is 6.73. The molecule has 0 aromatic heterocycles. The molecule has 1 aliphatic heterocycles. The number of hydrogen-bond donors (Lipinski definition) is 0. The van der Waals surface area contributed by atoms with Crippen molar-refractivity contribution in [3.63, 3.8) is 0 Å². The minimum atomic E-state index is 0.217. The maximum atomic E-state index is 5.96. The lowest BCUT2D eigenvalue weighted by atomic mass is 9.71. The smallest absolute Gasteiger partial charge is 0.147 e. The fourth-order valence-corrected chi connectivity index (χ4v) is 4.10. The van der Waals surface area contributed by atoms with Crippen LogP contribution in [0, 0.1) is 23.7 Å². The highest BCUT2D eigenvalue weighted by Crippen LogP contribution is 2.59. The van der Waals surface area contributed by atoms with Crippen molar-refractivity contribution in [2.75, 3.05) is 13.4 Å². The lowest BCUT2D eigenvalue weighted by Gasteiger charge is -2.44. The van der Waals surface area contributed by atoms with Gasteiger partial charge < -0.3 is 9.47 Å². The Morgan fingerprint density at radius 2 is 2.07 bits per heavy atom. The van der Waals surface area contributed by atoms with E-state index in [-0.39, 0.29) is 5.60 Å². The second-order valence-corrected chi connectivity index (χ2v) is 5.51. The van der Waals surface area contributed by atoms with Gasteiger partial charge in [-0.3, -0.25) is 0 Å². The van der Waals surface area contributed by atoms with E-state index in [4.69, 9.17) is 9.47 Å². The third-order valence-electron chi connectivity index (χ3n) is 5.15. The molecule has 3 rings (SSSR count). The van der Waals surface area contributed by atoms with Crippen LogP contribution in [-0.2, 0) is 9.47 Å². The van der Waals surface area contributed by atoms with E-state index in [1.165, 1.54) is 12.8 Å². The second kappa shape index (κ2) is 2.96. The monoisotopic (exact) mass is 196 g/mol. The van der Waals surface area contributed by atoms with Crippen molar-refractivity contribution in [3.8, 4) is 0 Å². The van der Waals surface area contributed by atoms with E-state index in [1.807, 2.05) is 0 Å². The van der Waals surface area contributed by atoms with Gasteiger partial charge in [0.25, 0.3) is 0 Å². The van der Waals surface area contributed by atoms with Crippen molar-refractivity contribution < 1.29 is 9.47 Å². The van der Waals surface area contributed by atoms with Gasteiger partial charge in [-0.2, -0.15) is 0 Å². The summed E-state index contributed by atoms with van der Waals surface area (Å²) in [6, 6.07) is 0. The summed E-state index contributed by atoms with van der Waals surface area (Å²) < 4.78 is 11.3. The molecular weight excluding hydrogens is 176 g/mol. The van der Waals surface area contributed by atoms with Crippen molar-refractivity contribution in [2.24, 2.45) is 23.7 Å². The Labute approximate surface area is 86.0 Å². The molecule has 1 heterocycles. The molecule has 2 bridgehead atoms. The Kier molecular flexibility index (Phi) is 1.94. The SMILES string of the molecule is CC1C2CC(C1C)C1(CCOCO1)C2. The zero-order valence-corrected chi connectivity index (χ0v) is 9.16. The van der Waals surface area contributed by atoms with Crippen molar-refractivity contribution in [1.29, 1.82) is 0 Å². The minimum Gasteiger partial charge on any atom is -0.355 e. The Morgan fingerprint density at radius 3 is 2.64 bits per heavy atom. The zero-order valence-electron chi connectivity index (χ0n) is 9.16. The summed E-state index contributed by atoms with van der Waals surface area (Å²) in [7, 11) is 0. The molecule has 0 N–H and O–H groups in total. The van der Waals surface area contributed by atoms with Crippen molar-refractivity contribution >= 4 is 0 Å². The fraction of sp³-hybridized carbons (Fsp3) is 1.00. The molecule has 5 unspecified atom stereocenters. The Bertz CT molecular complexity index is 230. The third-order valence-corrected chi connectivity index (χ3v) is 5.15. The van der Waals surface area contributed by atoms with E-state index in [0.29, 0.717) is 6.79 Å². The molecule has 2 heteroatoms. The minimum absolute atomic E-state index is 0.217. The Hall–Kier alpha value is -0.0800. The predicted molar refractivity (Wildman–Crippen MR) is 53.8 cm³/mol. The summed E-state index contributed by atoms with van der Waals surface area (Å²) in [5.74, 6) is 3.50. The molecule has 1 saturated heterocycles. The first-order valence-corrected chi connectivity index (χ1v) is 5.95. The Morgan fingerprint density at radius 1 is 1.21 bits per heavy atom. The normalized spacial score (nSPS) is 57.0. The van der Waals surface area contributed by atoms with Crippen LogP contribution in [0.15, 0.2) is 0 Å². The number of hydrogen-bond acceptors (Lipinski definition) is 2. The molecule has 2 nitrogen and oxygen atoms in total. The summed E-state index contributed by atoms with van der Waals surface area (Å²) in [5, 5.41) is 0. The van der Waals surface area contributed by atoms with Crippen LogP contribution in [-0.4, -0.2) is 19.0 Å². The van der Waals surface area contributed by atoms with Gasteiger partial charge >= 0.3 is 0 Å². The van der Waals surface area contributed by atoms with Crippen LogP contribution in [0.5, 0.6) is 0 Å². The van der Waals surface area contributed by atoms with Crippen LogP contribution in [0.2, 0.25) is 0 Å². The van der Waals surface area contributed by atoms with Gasteiger partial charge in [0.05, 0.1) is 12.2 Å². The Balaban J connectivity index is 1.84. The lowest BCUT2D eigenvalue weighted by Crippen LogP contribution is -2.47. The summed E-state index contributed by atoms with van der Waals surface area (Å²) in [4.78, 5) is 0. The molecule has 3 fully saturated rings. The summed E-state index contributed by atoms with van der Waals surface area (Å²) in [5.41, 5.74) is 0.217. The molecule has 14 heavy (non-hydrogen) atoms. The van der Waals surface area contributed by atoms with E-state index in [2.05, 4.69) is 13.8 Å². The maximum absolute atomic E-state index is 5.96. The highest BCUT2D eigenvalue weighted by atomic mass is 16.7. The number of rotatable bonds is 0. The van der Waals surface area contributed by atoms with E-state index in [0.717, 1.165) is 36.7 Å². The van der Waals surface area contributed by atoms with Gasteiger partial charge in [0.2, 0.25) is 0 Å². The van der Waals surface area contributed by atoms with Crippen LogP contribution in [0.25, 0.3) is 0 Å². The molecule has 2 aliphatic carbocycles. The quantitative estimate of drug-likeness (QED) is 0.592. The van der Waals surface area contributed by atoms with Crippen molar-refractivity contribution in [1.82, 2.24) is 0 Å². The average Bonchev–Trinajstić information content (AvgIpc) is 2.67. The molecule has 2 saturated carbocycles. The molecule has 0 amide bonds. The second-order valence-electron chi connectivity index (χ2n) is 5.51. The highest BCUT2D eigenvalue weighted by molar-refractivity contribution is 5.07. The molecular formula is C12H20O2. The molecule has 0 aromatic carbocycles. The molecule has 3 aliphatic rings. The first-order valence-electron chi connectivity index (χ1n) is 5.95. The summed E-state index contributed by atoms with van der Waals surface area (Å²) in [6.07, 6.45) is 3.83. The van der Waals surface area contributed by atoms with Gasteiger partial charge in [-0.25, -0.2) is 0 Å². The average molecular weight is 196 g/mol. The van der Waals surface area contributed by atoms with Crippen molar-refractivity contribution in [2.45, 2.75) is 38.7 Å². The maximum Gasteiger partial charge on any atom is 0.147 e. The highest BCUT2D eigenvalue weighted by Gasteiger charge is 2.58. The molecule has 1 spiro atoms. The van der Waals surface area contributed by atoms with Crippen LogP contribution >= 0.6 is 0 Å². The van der Waals surface area contributed by atoms with Crippen LogP contribution in [0.3, 0.4) is 0 Å². The topological polar surface area (TPSA) is 18.5 Å². The molecule has 5 atom stereocenters. The van der Waals surface area contributed by atoms with Crippen LogP contribution < -0.4 is 0 Å². The van der Waals surface area contributed by atoms with Gasteiger partial charge in [-0.1, -0.05) is 13.8 Å². The van der Waals surface area contributed by atoms with Gasteiger partial charge in [0, 0.05) is 6.42 Å². The lowest BCUT2D eigenvalue weighted by molar-refractivity contribution is -0.221. The van der Waals surface area contributed by atoms with Gasteiger partial charge in [-0.05, 0) is 36.5 Å². The van der Waals surface area contributed by atoms with Gasteiger partial charge in [0.15, 0.2) is 0 Å². The zero-order chi connectivity index (χ0) is 9.76. The van der Waals surface area contributed by atoms with Gasteiger partial charge in [0.1, 0.15) is 6.79 Å². The molecule has 0 radical (unpaired) electrons. The standard InChI is InChI=1S/C12H20O2/c1-8-9(2)11-5-10(8)6-12(11)3-4-13-7-14-12/h8-11H,3-7H2,1-2H3. The van der Waals surface area contributed by atoms with Gasteiger partial charge in [-0.15, -0.1) is 0 Å². The summed E-state index contributed by atoms with van der Waals surface area (Å²) in [6.45, 7) is 6.27. The number of fused-ring (bicyclic) bond motifs is 3. The number of ether oxygens (including phenoxy) is 2. The van der Waals surface area contributed by atoms with Crippen LogP contribution in [0.1, 0.15) is 33.1 Å².